The summed E-state index contributed by atoms with van der Waals surface area (Å²) in [7, 11) is 0. The van der Waals surface area contributed by atoms with Crippen LogP contribution in [0, 0.1) is 0 Å². The smallest absolute Gasteiger partial charge is 0.0893 e. The highest BCUT2D eigenvalue weighted by Gasteiger charge is 2.07. The van der Waals surface area contributed by atoms with Crippen molar-refractivity contribution in [3.63, 3.8) is 0 Å². The second kappa shape index (κ2) is 7.24. The maximum Gasteiger partial charge on any atom is 0.0893 e. The van der Waals surface area contributed by atoms with E-state index in [1.165, 1.54) is 0 Å². The molecule has 0 radical (unpaired) electrons. The van der Waals surface area contributed by atoms with E-state index in [-0.39, 0.29) is 24.6 Å². The van der Waals surface area contributed by atoms with Gasteiger partial charge in [0.15, 0.2) is 0 Å². The molecule has 2 unspecified atom stereocenters. The third kappa shape index (κ3) is 5.81. The maximum absolute atomic E-state index is 8.65. The lowest BCUT2D eigenvalue weighted by atomic mass is 10.4. The van der Waals surface area contributed by atoms with Gasteiger partial charge in [-0.3, -0.25) is 0 Å². The van der Waals surface area contributed by atoms with E-state index in [0.717, 1.165) is 0 Å². The van der Waals surface area contributed by atoms with E-state index in [1.54, 1.807) is 0 Å². The summed E-state index contributed by atoms with van der Waals surface area (Å²) >= 11 is 7.96. The molecule has 0 heterocycles. The molecule has 0 aliphatic rings. The molecule has 0 aromatic rings. The molecular formula is C6H14O3S2. The van der Waals surface area contributed by atoms with Crippen LogP contribution in [-0.2, 0) is 4.74 Å². The standard InChI is InChI=1S/C6H14O3S2/c7-1-5(4-10)9-3-6(11)2-8/h5-8,10-11H,1-4H2. The first-order valence-corrected chi connectivity index (χ1v) is 4.51. The van der Waals surface area contributed by atoms with Crippen LogP contribution >= 0.6 is 25.3 Å². The van der Waals surface area contributed by atoms with E-state index >= 15 is 0 Å². The molecule has 0 rings (SSSR count). The van der Waals surface area contributed by atoms with Crippen LogP contribution in [0.1, 0.15) is 0 Å². The number of hydrogen-bond donors (Lipinski definition) is 4. The Morgan fingerprint density at radius 1 is 1.27 bits per heavy atom. The van der Waals surface area contributed by atoms with Crippen molar-refractivity contribution in [2.45, 2.75) is 11.4 Å². The van der Waals surface area contributed by atoms with Crippen LogP contribution in [0.4, 0.5) is 0 Å². The van der Waals surface area contributed by atoms with Gasteiger partial charge >= 0.3 is 0 Å². The summed E-state index contributed by atoms with van der Waals surface area (Å²) in [5.41, 5.74) is 0. The zero-order valence-corrected chi connectivity index (χ0v) is 7.97. The minimum atomic E-state index is -0.250. The Kier molecular flexibility index (Phi) is 7.62. The number of hydrogen-bond acceptors (Lipinski definition) is 5. The van der Waals surface area contributed by atoms with Crippen molar-refractivity contribution >= 4 is 25.3 Å². The Morgan fingerprint density at radius 3 is 2.27 bits per heavy atom. The molecule has 0 amide bonds. The largest absolute Gasteiger partial charge is 0.395 e. The monoisotopic (exact) mass is 198 g/mol. The van der Waals surface area contributed by atoms with Gasteiger partial charge in [0, 0.05) is 11.0 Å². The van der Waals surface area contributed by atoms with Gasteiger partial charge in [-0.1, -0.05) is 0 Å². The fraction of sp³-hybridized carbons (Fsp3) is 1.00. The summed E-state index contributed by atoms with van der Waals surface area (Å²) in [5.74, 6) is 0.475. The molecule has 0 aliphatic carbocycles. The van der Waals surface area contributed by atoms with Crippen LogP contribution < -0.4 is 0 Å². The summed E-state index contributed by atoms with van der Waals surface area (Å²) in [6.45, 7) is 0.272. The second-order valence-electron chi connectivity index (χ2n) is 2.16. The molecule has 0 spiro atoms. The van der Waals surface area contributed by atoms with Gasteiger partial charge in [-0.05, 0) is 0 Å². The minimum absolute atomic E-state index is 0.0200. The SMILES string of the molecule is OCC(S)COC(CO)CS. The van der Waals surface area contributed by atoms with Crippen LogP contribution in [0.2, 0.25) is 0 Å². The van der Waals surface area contributed by atoms with E-state index in [1.807, 2.05) is 0 Å². The molecule has 0 aromatic heterocycles. The molecule has 0 aromatic carbocycles. The van der Waals surface area contributed by atoms with Crippen molar-refractivity contribution < 1.29 is 14.9 Å². The highest BCUT2D eigenvalue weighted by atomic mass is 32.1. The molecule has 0 bridgehead atoms. The maximum atomic E-state index is 8.65. The van der Waals surface area contributed by atoms with Crippen molar-refractivity contribution in [3.8, 4) is 0 Å². The van der Waals surface area contributed by atoms with Crippen LogP contribution in [-0.4, -0.2) is 47.1 Å². The summed E-state index contributed by atoms with van der Waals surface area (Å²) < 4.78 is 5.13. The quantitative estimate of drug-likeness (QED) is 0.439. The Balaban J connectivity index is 3.34. The van der Waals surface area contributed by atoms with E-state index in [2.05, 4.69) is 25.3 Å². The first-order valence-electron chi connectivity index (χ1n) is 3.36. The van der Waals surface area contributed by atoms with Gasteiger partial charge < -0.3 is 14.9 Å². The van der Waals surface area contributed by atoms with Gasteiger partial charge in [-0.15, -0.1) is 0 Å². The first kappa shape index (κ1) is 11.6. The number of aliphatic hydroxyl groups excluding tert-OH is 2. The van der Waals surface area contributed by atoms with Gasteiger partial charge in [-0.2, -0.15) is 25.3 Å². The predicted molar refractivity (Wildman–Crippen MR) is 50.5 cm³/mol. The van der Waals surface area contributed by atoms with Gasteiger partial charge in [0.05, 0.1) is 25.9 Å². The van der Waals surface area contributed by atoms with Crippen LogP contribution in [0.3, 0.4) is 0 Å². The van der Waals surface area contributed by atoms with E-state index < -0.39 is 0 Å². The Morgan fingerprint density at radius 2 is 1.91 bits per heavy atom. The zero-order valence-electron chi connectivity index (χ0n) is 6.18. The fourth-order valence-corrected chi connectivity index (χ4v) is 0.770. The van der Waals surface area contributed by atoms with E-state index in [0.29, 0.717) is 12.4 Å². The zero-order chi connectivity index (χ0) is 8.69. The average Bonchev–Trinajstić information content (AvgIpc) is 2.06. The van der Waals surface area contributed by atoms with Crippen molar-refractivity contribution in [1.82, 2.24) is 0 Å². The third-order valence-corrected chi connectivity index (χ3v) is 1.86. The molecule has 0 saturated carbocycles. The molecule has 68 valence electrons. The van der Waals surface area contributed by atoms with Crippen molar-refractivity contribution in [1.29, 1.82) is 0 Å². The fourth-order valence-electron chi connectivity index (χ4n) is 0.463. The molecule has 2 N–H and O–H groups in total. The number of rotatable bonds is 6. The lowest BCUT2D eigenvalue weighted by molar-refractivity contribution is 0.0244. The second-order valence-corrected chi connectivity index (χ2v) is 3.25. The normalized spacial score (nSPS) is 16.4. The summed E-state index contributed by atoms with van der Waals surface area (Å²) in [6.07, 6.45) is -0.250. The summed E-state index contributed by atoms with van der Waals surface area (Å²) in [5, 5.41) is 17.0. The third-order valence-electron chi connectivity index (χ3n) is 1.14. The van der Waals surface area contributed by atoms with Crippen molar-refractivity contribution in [2.24, 2.45) is 0 Å². The Hall–Kier alpha value is 0.580. The molecule has 2 atom stereocenters. The molecule has 0 saturated heterocycles. The molecule has 11 heavy (non-hydrogen) atoms. The van der Waals surface area contributed by atoms with Gasteiger partial charge in [-0.25, -0.2) is 0 Å². The Bertz CT molecular complexity index is 87.9. The first-order chi connectivity index (χ1) is 5.24. The average molecular weight is 198 g/mol. The number of thiol groups is 2. The minimum Gasteiger partial charge on any atom is -0.395 e. The topological polar surface area (TPSA) is 49.7 Å². The lowest BCUT2D eigenvalue weighted by Gasteiger charge is -2.14. The van der Waals surface area contributed by atoms with Gasteiger partial charge in [0.1, 0.15) is 0 Å². The number of aliphatic hydroxyl groups is 2. The van der Waals surface area contributed by atoms with E-state index in [4.69, 9.17) is 14.9 Å². The van der Waals surface area contributed by atoms with Gasteiger partial charge in [0.25, 0.3) is 0 Å². The van der Waals surface area contributed by atoms with Gasteiger partial charge in [0.2, 0.25) is 0 Å². The molecule has 5 heteroatoms. The summed E-state index contributed by atoms with van der Waals surface area (Å²) in [6, 6.07) is 0. The van der Waals surface area contributed by atoms with Crippen molar-refractivity contribution in [3.05, 3.63) is 0 Å². The predicted octanol–water partition coefficient (Wildman–Crippen LogP) is -0.416. The molecule has 0 fully saturated rings. The van der Waals surface area contributed by atoms with Crippen LogP contribution in [0.25, 0.3) is 0 Å². The highest BCUT2D eigenvalue weighted by Crippen LogP contribution is 1.99. The summed E-state index contributed by atoms with van der Waals surface area (Å²) in [4.78, 5) is 0. The number of ether oxygens (including phenoxy) is 1. The van der Waals surface area contributed by atoms with Crippen molar-refractivity contribution in [2.75, 3.05) is 25.6 Å². The molecule has 3 nitrogen and oxygen atoms in total. The highest BCUT2D eigenvalue weighted by molar-refractivity contribution is 7.81. The lowest BCUT2D eigenvalue weighted by Crippen LogP contribution is -2.24. The molecule has 0 aliphatic heterocycles. The molecular weight excluding hydrogens is 184 g/mol. The Labute approximate surface area is 77.6 Å². The van der Waals surface area contributed by atoms with Crippen LogP contribution in [0.15, 0.2) is 0 Å². The van der Waals surface area contributed by atoms with Crippen LogP contribution in [0.5, 0.6) is 0 Å². The van der Waals surface area contributed by atoms with E-state index in [9.17, 15) is 0 Å².